The molecule has 0 rings (SSSR count). The van der Waals surface area contributed by atoms with Crippen molar-refractivity contribution in [1.29, 1.82) is 0 Å². The highest BCUT2D eigenvalue weighted by Gasteiger charge is 1.95. The maximum absolute atomic E-state index is 10.2. The first-order valence-electron chi connectivity index (χ1n) is 2.57. The summed E-state index contributed by atoms with van der Waals surface area (Å²) in [5.41, 5.74) is 5.03. The third-order valence-electron chi connectivity index (χ3n) is 0.638. The molecule has 0 saturated heterocycles. The van der Waals surface area contributed by atoms with Crippen LogP contribution < -0.4 is 5.73 Å². The summed E-state index contributed by atoms with van der Waals surface area (Å²) in [6, 6.07) is 0. The zero-order valence-electron chi connectivity index (χ0n) is 5.00. The highest BCUT2D eigenvalue weighted by molar-refractivity contribution is 6.25. The zero-order chi connectivity index (χ0) is 7.11. The van der Waals surface area contributed by atoms with E-state index >= 15 is 0 Å². The molecule has 0 aromatic rings. The van der Waals surface area contributed by atoms with Gasteiger partial charge in [-0.15, -0.1) is 0 Å². The van der Waals surface area contributed by atoms with E-state index in [-0.39, 0.29) is 12.9 Å². The minimum Gasteiger partial charge on any atom is -0.372 e. The lowest BCUT2D eigenvalue weighted by Gasteiger charge is -1.94. The predicted molar refractivity (Wildman–Crippen MR) is 30.9 cm³/mol. The van der Waals surface area contributed by atoms with Crippen LogP contribution in [0.4, 0.5) is 0 Å². The number of ketones is 1. The summed E-state index contributed by atoms with van der Waals surface area (Å²) in [4.78, 5) is 19.8. The number of nitrogens with two attached hydrogens (primary N) is 1. The Morgan fingerprint density at radius 2 is 2.33 bits per heavy atom. The maximum atomic E-state index is 10.2. The number of Topliss-reactive ketones (excluding diaryl/α,β-unsaturated/α-hetero) is 1. The lowest BCUT2D eigenvalue weighted by Crippen LogP contribution is -2.14. The summed E-state index contributed by atoms with van der Waals surface area (Å²) in [6.07, 6.45) is 0.233. The van der Waals surface area contributed by atoms with Gasteiger partial charge in [0.2, 0.25) is 5.78 Å². The molecule has 0 aromatic carbocycles. The fourth-order valence-electron chi connectivity index (χ4n) is 0.290. The van der Waals surface area contributed by atoms with E-state index in [1.165, 1.54) is 0 Å². The van der Waals surface area contributed by atoms with Gasteiger partial charge in [0.1, 0.15) is 6.61 Å². The summed E-state index contributed by atoms with van der Waals surface area (Å²) in [5.74, 6) is -0.552. The largest absolute Gasteiger partial charge is 0.372 e. The Morgan fingerprint density at radius 3 is 2.78 bits per heavy atom. The molecular weight excluding hydrogens is 122 g/mol. The molecule has 0 radical (unpaired) electrons. The quantitative estimate of drug-likeness (QED) is 0.287. The molecular formula is C5H9NO3. The Labute approximate surface area is 53.0 Å². The molecule has 0 spiro atoms. The third kappa shape index (κ3) is 5.13. The number of carbonyl (C=O) groups excluding carboxylic acids is 2. The van der Waals surface area contributed by atoms with Crippen molar-refractivity contribution in [2.45, 2.75) is 0 Å². The average Bonchev–Trinajstić information content (AvgIpc) is 1.89. The van der Waals surface area contributed by atoms with E-state index in [1.54, 1.807) is 0 Å². The lowest BCUT2D eigenvalue weighted by molar-refractivity contribution is -0.132. The molecule has 0 bridgehead atoms. The average molecular weight is 131 g/mol. The lowest BCUT2D eigenvalue weighted by atomic mass is 10.5. The molecule has 0 aromatic heterocycles. The van der Waals surface area contributed by atoms with Crippen LogP contribution in [0.2, 0.25) is 0 Å². The molecule has 0 unspecified atom stereocenters. The highest BCUT2D eigenvalue weighted by atomic mass is 16.5. The molecule has 2 N–H and O–H groups in total. The number of hydrogen-bond donors (Lipinski definition) is 1. The van der Waals surface area contributed by atoms with Gasteiger partial charge in [-0.2, -0.15) is 0 Å². The molecule has 0 aliphatic heterocycles. The van der Waals surface area contributed by atoms with Gasteiger partial charge in [0.05, 0.1) is 6.61 Å². The van der Waals surface area contributed by atoms with Gasteiger partial charge in [0.15, 0.2) is 6.29 Å². The predicted octanol–water partition coefficient (Wildman–Crippen LogP) is -1.27. The molecule has 4 heteroatoms. The van der Waals surface area contributed by atoms with Gasteiger partial charge in [0.25, 0.3) is 0 Å². The second-order valence-electron chi connectivity index (χ2n) is 1.43. The van der Waals surface area contributed by atoms with Crippen LogP contribution in [0.15, 0.2) is 0 Å². The van der Waals surface area contributed by atoms with Crippen LogP contribution in [0.1, 0.15) is 0 Å². The summed E-state index contributed by atoms with van der Waals surface area (Å²) >= 11 is 0. The summed E-state index contributed by atoms with van der Waals surface area (Å²) in [6.45, 7) is 0.534. The van der Waals surface area contributed by atoms with Crippen molar-refractivity contribution in [2.75, 3.05) is 19.8 Å². The van der Waals surface area contributed by atoms with Gasteiger partial charge in [-0.3, -0.25) is 9.59 Å². The van der Waals surface area contributed by atoms with Crippen LogP contribution in [0.5, 0.6) is 0 Å². The first-order valence-corrected chi connectivity index (χ1v) is 2.57. The number of ether oxygens (including phenoxy) is 1. The standard InChI is InChI=1S/C5H9NO3/c6-1-2-9-4-5(8)3-7/h3H,1-2,4,6H2. The summed E-state index contributed by atoms with van der Waals surface area (Å²) < 4.78 is 4.63. The van der Waals surface area contributed by atoms with E-state index in [4.69, 9.17) is 5.73 Å². The van der Waals surface area contributed by atoms with Crippen LogP contribution in [0, 0.1) is 0 Å². The molecule has 0 atom stereocenters. The van der Waals surface area contributed by atoms with Gasteiger partial charge in [-0.05, 0) is 0 Å². The first kappa shape index (κ1) is 8.26. The first-order chi connectivity index (χ1) is 4.31. The van der Waals surface area contributed by atoms with Crippen molar-refractivity contribution in [3.05, 3.63) is 0 Å². The molecule has 0 amide bonds. The fourth-order valence-corrected chi connectivity index (χ4v) is 0.290. The van der Waals surface area contributed by atoms with E-state index in [9.17, 15) is 9.59 Å². The van der Waals surface area contributed by atoms with Crippen molar-refractivity contribution < 1.29 is 14.3 Å². The molecule has 9 heavy (non-hydrogen) atoms. The highest BCUT2D eigenvalue weighted by Crippen LogP contribution is 1.71. The minimum atomic E-state index is -0.552. The van der Waals surface area contributed by atoms with Crippen LogP contribution in [-0.4, -0.2) is 31.8 Å². The number of rotatable bonds is 5. The van der Waals surface area contributed by atoms with Crippen molar-refractivity contribution in [1.82, 2.24) is 0 Å². The smallest absolute Gasteiger partial charge is 0.220 e. The van der Waals surface area contributed by atoms with Crippen molar-refractivity contribution >= 4 is 12.1 Å². The van der Waals surface area contributed by atoms with Gasteiger partial charge in [0, 0.05) is 6.54 Å². The molecule has 0 heterocycles. The SMILES string of the molecule is NCCOCC(=O)C=O. The number of carbonyl (C=O) groups is 2. The molecule has 0 aliphatic rings. The second kappa shape index (κ2) is 5.40. The normalized spacial score (nSPS) is 9.00. The molecule has 0 aliphatic carbocycles. The molecule has 4 nitrogen and oxygen atoms in total. The van der Waals surface area contributed by atoms with Crippen molar-refractivity contribution in [2.24, 2.45) is 5.73 Å². The Morgan fingerprint density at radius 1 is 1.67 bits per heavy atom. The molecule has 52 valence electrons. The van der Waals surface area contributed by atoms with Gasteiger partial charge in [-0.1, -0.05) is 0 Å². The van der Waals surface area contributed by atoms with Crippen molar-refractivity contribution in [3.8, 4) is 0 Å². The summed E-state index contributed by atoms with van der Waals surface area (Å²) in [5, 5.41) is 0. The van der Waals surface area contributed by atoms with E-state index < -0.39 is 5.78 Å². The second-order valence-corrected chi connectivity index (χ2v) is 1.43. The van der Waals surface area contributed by atoms with Gasteiger partial charge >= 0.3 is 0 Å². The van der Waals surface area contributed by atoms with E-state index in [2.05, 4.69) is 4.74 Å². The van der Waals surface area contributed by atoms with Crippen LogP contribution in [0.3, 0.4) is 0 Å². The van der Waals surface area contributed by atoms with E-state index in [0.717, 1.165) is 0 Å². The van der Waals surface area contributed by atoms with Crippen molar-refractivity contribution in [3.63, 3.8) is 0 Å². The zero-order valence-corrected chi connectivity index (χ0v) is 5.00. The van der Waals surface area contributed by atoms with E-state index in [1.807, 2.05) is 0 Å². The summed E-state index contributed by atoms with van der Waals surface area (Å²) in [7, 11) is 0. The number of hydrogen-bond acceptors (Lipinski definition) is 4. The molecule has 0 fully saturated rings. The van der Waals surface area contributed by atoms with E-state index in [0.29, 0.717) is 13.2 Å². The fraction of sp³-hybridized carbons (Fsp3) is 0.600. The third-order valence-corrected chi connectivity index (χ3v) is 0.638. The minimum absolute atomic E-state index is 0.152. The Bertz CT molecular complexity index is 102. The topological polar surface area (TPSA) is 69.4 Å². The maximum Gasteiger partial charge on any atom is 0.220 e. The number of aldehydes is 1. The van der Waals surface area contributed by atoms with Crippen LogP contribution >= 0.6 is 0 Å². The van der Waals surface area contributed by atoms with Gasteiger partial charge in [-0.25, -0.2) is 0 Å². The van der Waals surface area contributed by atoms with Gasteiger partial charge < -0.3 is 10.5 Å². The Balaban J connectivity index is 3.07. The monoisotopic (exact) mass is 131 g/mol. The molecule has 0 saturated carbocycles. The Kier molecular flexibility index (Phi) is 4.95. The van der Waals surface area contributed by atoms with Crippen LogP contribution in [0.25, 0.3) is 0 Å². The van der Waals surface area contributed by atoms with Crippen LogP contribution in [-0.2, 0) is 14.3 Å². The Hall–Kier alpha value is -0.740.